The SMILES string of the molecule is CCNS(=O)(=O)c1cc(N)cc(Nc2cc(NC3CC3)c3ncc(N)n3n2)c1. The van der Waals surface area contributed by atoms with Gasteiger partial charge in [-0.2, -0.15) is 4.52 Å². The molecule has 148 valence electrons. The van der Waals surface area contributed by atoms with E-state index in [1.807, 2.05) is 6.07 Å². The minimum Gasteiger partial charge on any atom is -0.399 e. The lowest BCUT2D eigenvalue weighted by Gasteiger charge is -2.13. The monoisotopic (exact) mass is 402 g/mol. The Morgan fingerprint density at radius 3 is 2.71 bits per heavy atom. The van der Waals surface area contributed by atoms with Gasteiger partial charge in [0.25, 0.3) is 0 Å². The summed E-state index contributed by atoms with van der Waals surface area (Å²) in [4.78, 5) is 4.39. The molecule has 0 amide bonds. The predicted octanol–water partition coefficient (Wildman–Crippen LogP) is 1.51. The molecule has 0 radical (unpaired) electrons. The summed E-state index contributed by atoms with van der Waals surface area (Å²) in [5.41, 5.74) is 14.1. The number of nitrogens with one attached hydrogen (secondary N) is 3. The van der Waals surface area contributed by atoms with Gasteiger partial charge in [-0.1, -0.05) is 6.92 Å². The standard InChI is InChI=1S/C17H22N8O2S/c1-2-21-28(26,27)13-6-10(18)5-12(7-13)23-16-8-14(22-11-3-4-11)17-20-9-15(19)25(17)24-16/h5-9,11,21-22H,2-4,18-19H2,1H3,(H,23,24). The smallest absolute Gasteiger partial charge is 0.240 e. The normalized spacial score (nSPS) is 14.3. The van der Waals surface area contributed by atoms with Gasteiger partial charge in [-0.3, -0.25) is 0 Å². The second-order valence-electron chi connectivity index (χ2n) is 6.70. The molecule has 0 spiro atoms. The number of anilines is 5. The fourth-order valence-corrected chi connectivity index (χ4v) is 3.99. The van der Waals surface area contributed by atoms with E-state index in [1.165, 1.54) is 16.6 Å². The molecule has 1 fully saturated rings. The van der Waals surface area contributed by atoms with Gasteiger partial charge in [0.15, 0.2) is 11.5 Å². The molecule has 1 aliphatic carbocycles. The summed E-state index contributed by atoms with van der Waals surface area (Å²) in [6.45, 7) is 2.00. The summed E-state index contributed by atoms with van der Waals surface area (Å²) in [7, 11) is -3.63. The Bertz CT molecular complexity index is 1140. The second kappa shape index (κ2) is 6.84. The van der Waals surface area contributed by atoms with Crippen LogP contribution in [0.1, 0.15) is 19.8 Å². The topological polar surface area (TPSA) is 152 Å². The summed E-state index contributed by atoms with van der Waals surface area (Å²) in [6.07, 6.45) is 3.76. The van der Waals surface area contributed by atoms with Crippen molar-refractivity contribution in [2.24, 2.45) is 0 Å². The fourth-order valence-electron chi connectivity index (χ4n) is 2.87. The number of benzene rings is 1. The molecule has 11 heteroatoms. The number of nitrogens with two attached hydrogens (primary N) is 2. The van der Waals surface area contributed by atoms with Gasteiger partial charge in [0.05, 0.1) is 16.8 Å². The van der Waals surface area contributed by atoms with Crippen molar-refractivity contribution in [3.63, 3.8) is 0 Å². The molecule has 2 aromatic heterocycles. The van der Waals surface area contributed by atoms with Crippen LogP contribution in [-0.4, -0.2) is 35.6 Å². The van der Waals surface area contributed by atoms with E-state index >= 15 is 0 Å². The molecule has 0 atom stereocenters. The van der Waals surface area contributed by atoms with Crippen LogP contribution in [0.2, 0.25) is 0 Å². The third-order valence-corrected chi connectivity index (χ3v) is 5.80. The molecule has 3 aromatic rings. The van der Waals surface area contributed by atoms with E-state index in [0.29, 0.717) is 34.7 Å². The first-order chi connectivity index (χ1) is 13.4. The van der Waals surface area contributed by atoms with Crippen molar-refractivity contribution >= 4 is 44.4 Å². The van der Waals surface area contributed by atoms with Crippen molar-refractivity contribution in [2.45, 2.75) is 30.7 Å². The Balaban J connectivity index is 1.71. The Hall–Kier alpha value is -3.05. The number of hydrogen-bond donors (Lipinski definition) is 5. The van der Waals surface area contributed by atoms with Crippen LogP contribution in [0.25, 0.3) is 5.65 Å². The zero-order valence-corrected chi connectivity index (χ0v) is 16.1. The predicted molar refractivity (Wildman–Crippen MR) is 109 cm³/mol. The number of hydrogen-bond acceptors (Lipinski definition) is 8. The van der Waals surface area contributed by atoms with E-state index in [2.05, 4.69) is 25.4 Å². The number of nitrogen functional groups attached to an aromatic ring is 2. The Morgan fingerprint density at radius 2 is 2.00 bits per heavy atom. The van der Waals surface area contributed by atoms with Crippen molar-refractivity contribution in [1.82, 2.24) is 19.3 Å². The van der Waals surface area contributed by atoms with Crippen LogP contribution in [0.5, 0.6) is 0 Å². The molecule has 10 nitrogen and oxygen atoms in total. The van der Waals surface area contributed by atoms with Crippen LogP contribution >= 0.6 is 0 Å². The minimum atomic E-state index is -3.63. The maximum absolute atomic E-state index is 12.3. The Morgan fingerprint density at radius 1 is 1.21 bits per heavy atom. The summed E-state index contributed by atoms with van der Waals surface area (Å²) in [6, 6.07) is 6.80. The van der Waals surface area contributed by atoms with Crippen molar-refractivity contribution < 1.29 is 8.42 Å². The molecular weight excluding hydrogens is 380 g/mol. The number of fused-ring (bicyclic) bond motifs is 1. The van der Waals surface area contributed by atoms with Crippen molar-refractivity contribution in [2.75, 3.05) is 28.6 Å². The van der Waals surface area contributed by atoms with E-state index in [9.17, 15) is 8.42 Å². The molecule has 1 saturated carbocycles. The first-order valence-electron chi connectivity index (χ1n) is 8.94. The largest absolute Gasteiger partial charge is 0.399 e. The zero-order chi connectivity index (χ0) is 19.9. The first-order valence-corrected chi connectivity index (χ1v) is 10.4. The van der Waals surface area contributed by atoms with Gasteiger partial charge in [0.2, 0.25) is 10.0 Å². The van der Waals surface area contributed by atoms with Gasteiger partial charge in [-0.05, 0) is 31.0 Å². The van der Waals surface area contributed by atoms with Gasteiger partial charge in [0.1, 0.15) is 5.82 Å². The van der Waals surface area contributed by atoms with Gasteiger partial charge >= 0.3 is 0 Å². The molecule has 4 rings (SSSR count). The summed E-state index contributed by atoms with van der Waals surface area (Å²) in [5.74, 6) is 0.887. The maximum Gasteiger partial charge on any atom is 0.240 e. The van der Waals surface area contributed by atoms with Crippen molar-refractivity contribution in [3.8, 4) is 0 Å². The van der Waals surface area contributed by atoms with E-state index in [4.69, 9.17) is 11.5 Å². The van der Waals surface area contributed by atoms with Crippen LogP contribution in [0.3, 0.4) is 0 Å². The van der Waals surface area contributed by atoms with Crippen LogP contribution in [0.4, 0.5) is 28.7 Å². The molecule has 1 aliphatic rings. The van der Waals surface area contributed by atoms with Crippen molar-refractivity contribution in [1.29, 1.82) is 0 Å². The molecule has 0 unspecified atom stereocenters. The van der Waals surface area contributed by atoms with Gasteiger partial charge in [0, 0.05) is 30.0 Å². The summed E-state index contributed by atoms with van der Waals surface area (Å²) >= 11 is 0. The van der Waals surface area contributed by atoms with Crippen LogP contribution in [-0.2, 0) is 10.0 Å². The second-order valence-corrected chi connectivity index (χ2v) is 8.46. The number of sulfonamides is 1. The lowest BCUT2D eigenvalue weighted by molar-refractivity contribution is 0.584. The first kappa shape index (κ1) is 18.3. The highest BCUT2D eigenvalue weighted by atomic mass is 32.2. The molecule has 7 N–H and O–H groups in total. The molecule has 1 aromatic carbocycles. The average molecular weight is 402 g/mol. The third kappa shape index (κ3) is 3.66. The highest BCUT2D eigenvalue weighted by molar-refractivity contribution is 7.89. The van der Waals surface area contributed by atoms with E-state index in [1.54, 1.807) is 19.2 Å². The minimum absolute atomic E-state index is 0.0800. The number of aromatic nitrogens is 3. The molecular formula is C17H22N8O2S. The number of nitrogens with zero attached hydrogens (tertiary/aromatic N) is 3. The highest BCUT2D eigenvalue weighted by Crippen LogP contribution is 2.30. The summed E-state index contributed by atoms with van der Waals surface area (Å²) < 4.78 is 28.6. The van der Waals surface area contributed by atoms with Gasteiger partial charge in [-0.25, -0.2) is 18.1 Å². The van der Waals surface area contributed by atoms with Gasteiger partial charge in [-0.15, -0.1) is 5.10 Å². The third-order valence-electron chi connectivity index (χ3n) is 4.28. The molecule has 0 bridgehead atoms. The summed E-state index contributed by atoms with van der Waals surface area (Å²) in [5, 5.41) is 11.0. The lowest BCUT2D eigenvalue weighted by Crippen LogP contribution is -2.23. The number of imidazole rings is 1. The number of rotatable bonds is 7. The van der Waals surface area contributed by atoms with Crippen LogP contribution in [0.15, 0.2) is 35.4 Å². The average Bonchev–Trinajstić information content (AvgIpc) is 3.36. The van der Waals surface area contributed by atoms with E-state index in [0.717, 1.165) is 18.5 Å². The van der Waals surface area contributed by atoms with E-state index < -0.39 is 10.0 Å². The Labute approximate surface area is 162 Å². The van der Waals surface area contributed by atoms with Crippen LogP contribution < -0.4 is 26.8 Å². The zero-order valence-electron chi connectivity index (χ0n) is 15.3. The van der Waals surface area contributed by atoms with Crippen molar-refractivity contribution in [3.05, 3.63) is 30.5 Å². The lowest BCUT2D eigenvalue weighted by atomic mass is 10.3. The maximum atomic E-state index is 12.3. The fraction of sp³-hybridized carbons (Fsp3) is 0.294. The van der Waals surface area contributed by atoms with E-state index in [-0.39, 0.29) is 11.4 Å². The molecule has 0 aliphatic heterocycles. The van der Waals surface area contributed by atoms with Crippen LogP contribution in [0, 0.1) is 0 Å². The van der Waals surface area contributed by atoms with Gasteiger partial charge < -0.3 is 22.1 Å². The Kier molecular flexibility index (Phi) is 4.47. The molecule has 0 saturated heterocycles. The molecule has 2 heterocycles. The molecule has 28 heavy (non-hydrogen) atoms. The highest BCUT2D eigenvalue weighted by Gasteiger charge is 2.23. The quantitative estimate of drug-likeness (QED) is 0.373.